The van der Waals surface area contributed by atoms with E-state index in [4.69, 9.17) is 23.2 Å². The van der Waals surface area contributed by atoms with Crippen molar-refractivity contribution in [2.24, 2.45) is 5.92 Å². The average Bonchev–Trinajstić information content (AvgIpc) is 2.61. The summed E-state index contributed by atoms with van der Waals surface area (Å²) >= 11 is 11.8. The predicted molar refractivity (Wildman–Crippen MR) is 52.7 cm³/mol. The second kappa shape index (κ2) is 2.93. The summed E-state index contributed by atoms with van der Waals surface area (Å²) in [7, 11) is 0. The van der Waals surface area contributed by atoms with Crippen molar-refractivity contribution in [3.63, 3.8) is 0 Å². The normalized spacial score (nSPS) is 25.3. The zero-order valence-electron chi connectivity index (χ0n) is 6.63. The lowest BCUT2D eigenvalue weighted by atomic mass is 10.1. The molecular formula is C10H10Cl2. The van der Waals surface area contributed by atoms with E-state index in [1.54, 1.807) is 0 Å². The van der Waals surface area contributed by atoms with E-state index in [0.29, 0.717) is 5.92 Å². The Morgan fingerprint density at radius 2 is 1.83 bits per heavy atom. The van der Waals surface area contributed by atoms with Gasteiger partial charge in [-0.1, -0.05) is 30.3 Å². The first-order valence-electron chi connectivity index (χ1n) is 4.10. The maximum absolute atomic E-state index is 5.92. The molecule has 0 N–H and O–H groups in total. The van der Waals surface area contributed by atoms with Crippen LogP contribution in [-0.2, 0) is 6.42 Å². The van der Waals surface area contributed by atoms with Crippen LogP contribution in [0.5, 0.6) is 0 Å². The molecule has 1 saturated carbocycles. The minimum Gasteiger partial charge on any atom is -0.101 e. The van der Waals surface area contributed by atoms with Crippen molar-refractivity contribution in [3.05, 3.63) is 35.9 Å². The number of halogens is 2. The second-order valence-electron chi connectivity index (χ2n) is 3.35. The van der Waals surface area contributed by atoms with Crippen LogP contribution in [0.4, 0.5) is 0 Å². The van der Waals surface area contributed by atoms with E-state index < -0.39 is 4.33 Å². The Balaban J connectivity index is 1.98. The summed E-state index contributed by atoms with van der Waals surface area (Å²) in [6.45, 7) is 0. The molecule has 0 amide bonds. The highest BCUT2D eigenvalue weighted by molar-refractivity contribution is 6.50. The summed E-state index contributed by atoms with van der Waals surface area (Å²) in [6, 6.07) is 10.3. The maximum atomic E-state index is 5.92. The molecule has 0 radical (unpaired) electrons. The molecule has 0 unspecified atom stereocenters. The first-order chi connectivity index (χ1) is 5.68. The fraction of sp³-hybridized carbons (Fsp3) is 0.400. The summed E-state index contributed by atoms with van der Waals surface area (Å²) in [6.07, 6.45) is 1.94. The molecule has 0 nitrogen and oxygen atoms in total. The molecule has 0 aromatic heterocycles. The largest absolute Gasteiger partial charge is 0.121 e. The summed E-state index contributed by atoms with van der Waals surface area (Å²) in [5, 5.41) is 0. The SMILES string of the molecule is ClC1(Cl)C[C@H]1Cc1ccccc1. The lowest BCUT2D eigenvalue weighted by molar-refractivity contribution is 0.820. The molecule has 0 saturated heterocycles. The highest BCUT2D eigenvalue weighted by Gasteiger charge is 2.50. The summed E-state index contributed by atoms with van der Waals surface area (Å²) in [5.74, 6) is 0.461. The number of hydrogen-bond donors (Lipinski definition) is 0. The molecule has 1 fully saturated rings. The Hall–Kier alpha value is -0.200. The molecule has 0 bridgehead atoms. The van der Waals surface area contributed by atoms with E-state index >= 15 is 0 Å². The third kappa shape index (κ3) is 1.75. The predicted octanol–water partition coefficient (Wildman–Crippen LogP) is 3.42. The van der Waals surface area contributed by atoms with E-state index in [2.05, 4.69) is 12.1 Å². The number of benzene rings is 1. The first kappa shape index (κ1) is 8.40. The smallest absolute Gasteiger partial charge is 0.101 e. The summed E-state index contributed by atoms with van der Waals surface area (Å²) in [5.41, 5.74) is 1.32. The van der Waals surface area contributed by atoms with Crippen LogP contribution in [0.25, 0.3) is 0 Å². The van der Waals surface area contributed by atoms with Gasteiger partial charge in [0.15, 0.2) is 0 Å². The summed E-state index contributed by atoms with van der Waals surface area (Å²) < 4.78 is -0.435. The van der Waals surface area contributed by atoms with Gasteiger partial charge in [-0.2, -0.15) is 0 Å². The van der Waals surface area contributed by atoms with Gasteiger partial charge in [0.1, 0.15) is 4.33 Å². The third-order valence-corrected chi connectivity index (χ3v) is 3.21. The van der Waals surface area contributed by atoms with Gasteiger partial charge in [-0.25, -0.2) is 0 Å². The average molecular weight is 201 g/mol. The fourth-order valence-electron chi connectivity index (χ4n) is 1.39. The zero-order chi connectivity index (χ0) is 8.60. The van der Waals surface area contributed by atoms with E-state index in [1.807, 2.05) is 18.2 Å². The third-order valence-electron chi connectivity index (χ3n) is 2.28. The van der Waals surface area contributed by atoms with Gasteiger partial charge in [-0.15, -0.1) is 23.2 Å². The number of hydrogen-bond acceptors (Lipinski definition) is 0. The van der Waals surface area contributed by atoms with Crippen LogP contribution in [-0.4, -0.2) is 4.33 Å². The molecule has 0 heterocycles. The van der Waals surface area contributed by atoms with Crippen molar-refractivity contribution in [1.29, 1.82) is 0 Å². The standard InChI is InChI=1S/C10H10Cl2/c11-10(12)7-9(10)6-8-4-2-1-3-5-8/h1-5,9H,6-7H2/t9-/m1/s1. The Morgan fingerprint density at radius 1 is 1.25 bits per heavy atom. The first-order valence-corrected chi connectivity index (χ1v) is 4.86. The van der Waals surface area contributed by atoms with Crippen molar-refractivity contribution >= 4 is 23.2 Å². The minimum absolute atomic E-state index is 0.435. The van der Waals surface area contributed by atoms with Crippen molar-refractivity contribution in [2.75, 3.05) is 0 Å². The van der Waals surface area contributed by atoms with Gasteiger partial charge in [0.2, 0.25) is 0 Å². The lowest BCUT2D eigenvalue weighted by Crippen LogP contribution is -1.94. The second-order valence-corrected chi connectivity index (χ2v) is 4.89. The molecule has 1 atom stereocenters. The fourth-order valence-corrected chi connectivity index (χ4v) is 1.92. The van der Waals surface area contributed by atoms with Crippen LogP contribution in [0.15, 0.2) is 30.3 Å². The van der Waals surface area contributed by atoms with Gasteiger partial charge in [0.05, 0.1) is 0 Å². The Morgan fingerprint density at radius 3 is 2.33 bits per heavy atom. The molecular weight excluding hydrogens is 191 g/mol. The lowest BCUT2D eigenvalue weighted by Gasteiger charge is -1.99. The van der Waals surface area contributed by atoms with Crippen molar-refractivity contribution in [2.45, 2.75) is 17.2 Å². The van der Waals surface area contributed by atoms with Crippen LogP contribution in [0.1, 0.15) is 12.0 Å². The topological polar surface area (TPSA) is 0 Å². The van der Waals surface area contributed by atoms with Crippen LogP contribution in [0.3, 0.4) is 0 Å². The van der Waals surface area contributed by atoms with Gasteiger partial charge < -0.3 is 0 Å². The van der Waals surface area contributed by atoms with Crippen LogP contribution >= 0.6 is 23.2 Å². The molecule has 0 aliphatic heterocycles. The van der Waals surface area contributed by atoms with Crippen LogP contribution < -0.4 is 0 Å². The Labute approximate surface area is 82.5 Å². The molecule has 2 rings (SSSR count). The minimum atomic E-state index is -0.435. The Bertz CT molecular complexity index is 266. The van der Waals surface area contributed by atoms with Crippen LogP contribution in [0, 0.1) is 5.92 Å². The monoisotopic (exact) mass is 200 g/mol. The highest BCUT2D eigenvalue weighted by atomic mass is 35.5. The molecule has 1 aromatic rings. The number of alkyl halides is 2. The maximum Gasteiger partial charge on any atom is 0.121 e. The van der Waals surface area contributed by atoms with Gasteiger partial charge in [0.25, 0.3) is 0 Å². The molecule has 2 heteroatoms. The molecule has 1 aliphatic carbocycles. The van der Waals surface area contributed by atoms with Gasteiger partial charge in [-0.3, -0.25) is 0 Å². The molecule has 64 valence electrons. The van der Waals surface area contributed by atoms with Gasteiger partial charge >= 0.3 is 0 Å². The Kier molecular flexibility index (Phi) is 2.05. The molecule has 12 heavy (non-hydrogen) atoms. The highest BCUT2D eigenvalue weighted by Crippen LogP contribution is 2.54. The van der Waals surface area contributed by atoms with E-state index in [-0.39, 0.29) is 0 Å². The quantitative estimate of drug-likeness (QED) is 0.643. The van der Waals surface area contributed by atoms with Crippen LogP contribution in [0.2, 0.25) is 0 Å². The van der Waals surface area contributed by atoms with Gasteiger partial charge in [-0.05, 0) is 24.3 Å². The molecule has 1 aromatic carbocycles. The summed E-state index contributed by atoms with van der Waals surface area (Å²) in [4.78, 5) is 0. The van der Waals surface area contributed by atoms with Gasteiger partial charge in [0, 0.05) is 0 Å². The molecule has 0 spiro atoms. The van der Waals surface area contributed by atoms with E-state index in [0.717, 1.165) is 12.8 Å². The zero-order valence-corrected chi connectivity index (χ0v) is 8.15. The van der Waals surface area contributed by atoms with Crippen molar-refractivity contribution in [1.82, 2.24) is 0 Å². The molecule has 1 aliphatic rings. The number of rotatable bonds is 2. The van der Waals surface area contributed by atoms with E-state index in [9.17, 15) is 0 Å². The van der Waals surface area contributed by atoms with Crippen molar-refractivity contribution < 1.29 is 0 Å². The van der Waals surface area contributed by atoms with E-state index in [1.165, 1.54) is 5.56 Å². The van der Waals surface area contributed by atoms with Crippen molar-refractivity contribution in [3.8, 4) is 0 Å².